The molecule has 1 aliphatic carbocycles. The Hall–Kier alpha value is -1.49. The fourth-order valence-electron chi connectivity index (χ4n) is 3.09. The van der Waals surface area contributed by atoms with E-state index in [0.717, 1.165) is 5.92 Å². The second-order valence-corrected chi connectivity index (χ2v) is 5.39. The van der Waals surface area contributed by atoms with Crippen molar-refractivity contribution in [2.45, 2.75) is 51.4 Å². The van der Waals surface area contributed by atoms with Gasteiger partial charge in [0.15, 0.2) is 0 Å². The lowest BCUT2D eigenvalue weighted by molar-refractivity contribution is 0.308. The topological polar surface area (TPSA) is 44.0 Å². The molecule has 1 aromatic carbocycles. The number of hydrogen-bond donors (Lipinski definition) is 1. The van der Waals surface area contributed by atoms with Gasteiger partial charge in [-0.1, -0.05) is 25.8 Å². The summed E-state index contributed by atoms with van der Waals surface area (Å²) in [4.78, 5) is 0. The molecule has 1 fully saturated rings. The summed E-state index contributed by atoms with van der Waals surface area (Å²) < 4.78 is 0. The van der Waals surface area contributed by atoms with Crippen molar-refractivity contribution in [1.29, 1.82) is 5.26 Å². The van der Waals surface area contributed by atoms with E-state index in [1.54, 1.807) is 6.07 Å². The number of phenolic OH excluding ortho intramolecular Hbond substituents is 1. The molecule has 1 aliphatic rings. The number of nitrogens with zero attached hydrogens (tertiary/aromatic N) is 1. The van der Waals surface area contributed by atoms with Crippen LogP contribution in [0.3, 0.4) is 0 Å². The number of rotatable bonds is 3. The molecule has 0 radical (unpaired) electrons. The lowest BCUT2D eigenvalue weighted by atomic mass is 9.77. The average molecular weight is 243 g/mol. The first-order chi connectivity index (χ1) is 8.74. The molecule has 0 bridgehead atoms. The van der Waals surface area contributed by atoms with Crippen LogP contribution in [0, 0.1) is 17.2 Å². The van der Waals surface area contributed by atoms with E-state index in [2.05, 4.69) is 13.0 Å². The Balaban J connectivity index is 2.04. The first-order valence-electron chi connectivity index (χ1n) is 6.97. The van der Waals surface area contributed by atoms with E-state index in [1.165, 1.54) is 44.1 Å². The van der Waals surface area contributed by atoms with E-state index < -0.39 is 0 Å². The third-order valence-electron chi connectivity index (χ3n) is 4.16. The second-order valence-electron chi connectivity index (χ2n) is 5.39. The molecule has 0 heterocycles. The number of aromatic hydroxyl groups is 1. The third-order valence-corrected chi connectivity index (χ3v) is 4.16. The van der Waals surface area contributed by atoms with Crippen LogP contribution in [0.2, 0.25) is 0 Å². The molecule has 1 saturated carbocycles. The normalized spacial score (nSPS) is 23.6. The van der Waals surface area contributed by atoms with Gasteiger partial charge in [0.2, 0.25) is 0 Å². The van der Waals surface area contributed by atoms with E-state index in [9.17, 15) is 5.11 Å². The van der Waals surface area contributed by atoms with Crippen molar-refractivity contribution in [1.82, 2.24) is 0 Å². The zero-order valence-corrected chi connectivity index (χ0v) is 11.0. The fraction of sp³-hybridized carbons (Fsp3) is 0.562. The maximum atomic E-state index is 9.52. The SMILES string of the molecule is CCCC1CCC(c2ccc(O)c(C#N)c2)CC1. The molecule has 0 aromatic heterocycles. The lowest BCUT2D eigenvalue weighted by Crippen LogP contribution is -2.13. The largest absolute Gasteiger partial charge is 0.507 e. The van der Waals surface area contributed by atoms with Crippen molar-refractivity contribution in [3.63, 3.8) is 0 Å². The molecule has 1 N–H and O–H groups in total. The third kappa shape index (κ3) is 2.85. The number of hydrogen-bond acceptors (Lipinski definition) is 2. The van der Waals surface area contributed by atoms with Gasteiger partial charge in [0.1, 0.15) is 11.8 Å². The minimum Gasteiger partial charge on any atom is -0.507 e. The van der Waals surface area contributed by atoms with Gasteiger partial charge in [0, 0.05) is 0 Å². The predicted octanol–water partition coefficient (Wildman–Crippen LogP) is 4.34. The summed E-state index contributed by atoms with van der Waals surface area (Å²) in [5.41, 5.74) is 1.63. The van der Waals surface area contributed by atoms with Crippen molar-refractivity contribution in [2.75, 3.05) is 0 Å². The highest BCUT2D eigenvalue weighted by Crippen LogP contribution is 2.38. The Morgan fingerprint density at radius 2 is 2.00 bits per heavy atom. The van der Waals surface area contributed by atoms with Crippen LogP contribution in [0.5, 0.6) is 5.75 Å². The van der Waals surface area contributed by atoms with E-state index in [4.69, 9.17) is 5.26 Å². The van der Waals surface area contributed by atoms with Crippen LogP contribution in [0.15, 0.2) is 18.2 Å². The summed E-state index contributed by atoms with van der Waals surface area (Å²) in [6.07, 6.45) is 7.70. The standard InChI is InChI=1S/C16H21NO/c1-2-3-12-4-6-13(7-5-12)14-8-9-16(18)15(10-14)11-17/h8-10,12-13,18H,2-7H2,1H3. The summed E-state index contributed by atoms with van der Waals surface area (Å²) in [6.45, 7) is 2.26. The van der Waals surface area contributed by atoms with Gasteiger partial charge in [-0.15, -0.1) is 0 Å². The van der Waals surface area contributed by atoms with Crippen LogP contribution in [0.25, 0.3) is 0 Å². The van der Waals surface area contributed by atoms with Crippen LogP contribution in [0.4, 0.5) is 0 Å². The Morgan fingerprint density at radius 3 is 2.61 bits per heavy atom. The first-order valence-corrected chi connectivity index (χ1v) is 6.97. The molecule has 2 heteroatoms. The molecule has 0 aliphatic heterocycles. The molecule has 0 saturated heterocycles. The van der Waals surface area contributed by atoms with Gasteiger partial charge in [-0.05, 0) is 55.2 Å². The smallest absolute Gasteiger partial charge is 0.133 e. The van der Waals surface area contributed by atoms with Gasteiger partial charge in [-0.25, -0.2) is 0 Å². The zero-order chi connectivity index (χ0) is 13.0. The highest BCUT2D eigenvalue weighted by molar-refractivity contribution is 5.45. The monoisotopic (exact) mass is 243 g/mol. The highest BCUT2D eigenvalue weighted by Gasteiger charge is 2.22. The molecule has 2 nitrogen and oxygen atoms in total. The minimum absolute atomic E-state index is 0.0981. The Labute approximate surface area is 109 Å². The summed E-state index contributed by atoms with van der Waals surface area (Å²) >= 11 is 0. The number of nitriles is 1. The lowest BCUT2D eigenvalue weighted by Gasteiger charge is -2.28. The van der Waals surface area contributed by atoms with Crippen molar-refractivity contribution >= 4 is 0 Å². The van der Waals surface area contributed by atoms with E-state index >= 15 is 0 Å². The van der Waals surface area contributed by atoms with Gasteiger partial charge >= 0.3 is 0 Å². The molecule has 0 amide bonds. The van der Waals surface area contributed by atoms with Crippen molar-refractivity contribution in [3.8, 4) is 11.8 Å². The van der Waals surface area contributed by atoms with Crippen LogP contribution >= 0.6 is 0 Å². The Kier molecular flexibility index (Phi) is 4.25. The van der Waals surface area contributed by atoms with Crippen molar-refractivity contribution < 1.29 is 5.11 Å². The molecule has 0 atom stereocenters. The summed E-state index contributed by atoms with van der Waals surface area (Å²) in [7, 11) is 0. The Morgan fingerprint density at radius 1 is 1.28 bits per heavy atom. The molecule has 1 aromatic rings. The zero-order valence-electron chi connectivity index (χ0n) is 11.0. The van der Waals surface area contributed by atoms with E-state index in [-0.39, 0.29) is 5.75 Å². The van der Waals surface area contributed by atoms with Crippen LogP contribution in [0.1, 0.15) is 62.5 Å². The number of phenols is 1. The molecule has 0 spiro atoms. The predicted molar refractivity (Wildman–Crippen MR) is 72.4 cm³/mol. The second kappa shape index (κ2) is 5.91. The molecular weight excluding hydrogens is 222 g/mol. The molecule has 2 rings (SSSR count). The summed E-state index contributed by atoms with van der Waals surface area (Å²) in [5, 5.41) is 18.5. The first kappa shape index (κ1) is 13.0. The maximum Gasteiger partial charge on any atom is 0.133 e. The maximum absolute atomic E-state index is 9.52. The van der Waals surface area contributed by atoms with Crippen LogP contribution in [-0.2, 0) is 0 Å². The van der Waals surface area contributed by atoms with Crippen LogP contribution in [-0.4, -0.2) is 5.11 Å². The van der Waals surface area contributed by atoms with Crippen LogP contribution < -0.4 is 0 Å². The fourth-order valence-corrected chi connectivity index (χ4v) is 3.09. The minimum atomic E-state index is 0.0981. The average Bonchev–Trinajstić information content (AvgIpc) is 2.41. The highest BCUT2D eigenvalue weighted by atomic mass is 16.3. The van der Waals surface area contributed by atoms with E-state index in [1.807, 2.05) is 12.1 Å². The van der Waals surface area contributed by atoms with Gasteiger partial charge in [-0.2, -0.15) is 5.26 Å². The Bertz CT molecular complexity index is 439. The quantitative estimate of drug-likeness (QED) is 0.858. The molecule has 18 heavy (non-hydrogen) atoms. The van der Waals surface area contributed by atoms with E-state index in [0.29, 0.717) is 11.5 Å². The molecule has 0 unspecified atom stereocenters. The van der Waals surface area contributed by atoms with Gasteiger partial charge < -0.3 is 5.11 Å². The van der Waals surface area contributed by atoms with Gasteiger partial charge in [0.05, 0.1) is 5.56 Å². The molecule has 96 valence electrons. The summed E-state index contributed by atoms with van der Waals surface area (Å²) in [5.74, 6) is 1.57. The van der Waals surface area contributed by atoms with Gasteiger partial charge in [0.25, 0.3) is 0 Å². The molecular formula is C16H21NO. The van der Waals surface area contributed by atoms with Gasteiger partial charge in [-0.3, -0.25) is 0 Å². The summed E-state index contributed by atoms with van der Waals surface area (Å²) in [6, 6.07) is 7.55. The van der Waals surface area contributed by atoms with Crippen molar-refractivity contribution in [3.05, 3.63) is 29.3 Å². The van der Waals surface area contributed by atoms with Crippen molar-refractivity contribution in [2.24, 2.45) is 5.92 Å². The number of benzene rings is 1.